The molecule has 6 nitrogen and oxygen atoms in total. The zero-order chi connectivity index (χ0) is 14.5. The lowest BCUT2D eigenvalue weighted by Crippen LogP contribution is -2.25. The number of methoxy groups -OCH3 is 1. The highest BCUT2D eigenvalue weighted by Gasteiger charge is 2.09. The van der Waals surface area contributed by atoms with Crippen molar-refractivity contribution in [3.63, 3.8) is 0 Å². The normalized spacial score (nSPS) is 10.3. The van der Waals surface area contributed by atoms with Gasteiger partial charge in [-0.3, -0.25) is 9.48 Å². The van der Waals surface area contributed by atoms with Gasteiger partial charge in [0.15, 0.2) is 11.5 Å². The number of carbonyl (C=O) groups excluding carboxylic acids is 1. The summed E-state index contributed by atoms with van der Waals surface area (Å²) in [4.78, 5) is 11.9. The lowest BCUT2D eigenvalue weighted by atomic mass is 10.2. The molecule has 2 N–H and O–H groups in total. The predicted molar refractivity (Wildman–Crippen MR) is 73.9 cm³/mol. The molecular weight excluding hydrogens is 258 g/mol. The largest absolute Gasteiger partial charge is 0.504 e. The van der Waals surface area contributed by atoms with E-state index in [1.54, 1.807) is 16.8 Å². The molecular formula is C14H17N3O3. The Labute approximate surface area is 117 Å². The fourth-order valence-electron chi connectivity index (χ4n) is 1.83. The average Bonchev–Trinajstić information content (AvgIpc) is 2.84. The van der Waals surface area contributed by atoms with Gasteiger partial charge in [-0.15, -0.1) is 0 Å². The first-order valence-corrected chi connectivity index (χ1v) is 6.24. The number of ether oxygens (including phenoxy) is 1. The Morgan fingerprint density at radius 1 is 1.45 bits per heavy atom. The molecule has 2 rings (SSSR count). The monoisotopic (exact) mass is 275 g/mol. The van der Waals surface area contributed by atoms with Gasteiger partial charge >= 0.3 is 0 Å². The molecule has 0 aliphatic rings. The number of nitrogens with one attached hydrogen (secondary N) is 1. The first kappa shape index (κ1) is 13.9. The van der Waals surface area contributed by atoms with E-state index in [0.717, 1.165) is 5.69 Å². The van der Waals surface area contributed by atoms with Gasteiger partial charge in [-0.1, -0.05) is 0 Å². The predicted octanol–water partition coefficient (Wildman–Crippen LogP) is 1.11. The summed E-state index contributed by atoms with van der Waals surface area (Å²) in [6.07, 6.45) is 2.52. The lowest BCUT2D eigenvalue weighted by molar-refractivity contribution is 0.0953. The maximum atomic E-state index is 11.9. The minimum Gasteiger partial charge on any atom is -0.504 e. The van der Waals surface area contributed by atoms with E-state index in [1.165, 1.54) is 13.2 Å². The molecule has 1 amide bonds. The number of amides is 1. The minimum atomic E-state index is -0.237. The Hall–Kier alpha value is -2.50. The molecule has 1 aromatic heterocycles. The standard InChI is InChI=1S/C14H17N3O3/c1-17-8-6-11(16-17)5-7-15-14(19)10-3-4-13(20-2)12(18)9-10/h3-4,6,8-9,18H,5,7H2,1-2H3,(H,15,19). The van der Waals surface area contributed by atoms with Crippen molar-refractivity contribution in [1.82, 2.24) is 15.1 Å². The smallest absolute Gasteiger partial charge is 0.251 e. The van der Waals surface area contributed by atoms with Crippen molar-refractivity contribution in [3.05, 3.63) is 41.7 Å². The summed E-state index contributed by atoms with van der Waals surface area (Å²) in [5.74, 6) is 0.0544. The molecule has 1 aromatic carbocycles. The number of hydrogen-bond acceptors (Lipinski definition) is 4. The number of aryl methyl sites for hydroxylation is 1. The number of carbonyl (C=O) groups is 1. The van der Waals surface area contributed by atoms with Crippen LogP contribution in [0.4, 0.5) is 0 Å². The highest BCUT2D eigenvalue weighted by molar-refractivity contribution is 5.94. The number of nitrogens with zero attached hydrogens (tertiary/aromatic N) is 2. The summed E-state index contributed by atoms with van der Waals surface area (Å²) in [5, 5.41) is 16.6. The second kappa shape index (κ2) is 6.10. The maximum Gasteiger partial charge on any atom is 0.251 e. The summed E-state index contributed by atoms with van der Waals surface area (Å²) in [6, 6.07) is 6.46. The molecule has 0 saturated heterocycles. The van der Waals surface area contributed by atoms with Crippen molar-refractivity contribution >= 4 is 5.91 Å². The third kappa shape index (κ3) is 3.28. The lowest BCUT2D eigenvalue weighted by Gasteiger charge is -2.07. The number of phenols is 1. The van der Waals surface area contributed by atoms with Crippen molar-refractivity contribution in [2.75, 3.05) is 13.7 Å². The van der Waals surface area contributed by atoms with Crippen LogP contribution >= 0.6 is 0 Å². The van der Waals surface area contributed by atoms with E-state index in [0.29, 0.717) is 24.3 Å². The van der Waals surface area contributed by atoms with Gasteiger partial charge in [0.25, 0.3) is 5.91 Å². The van der Waals surface area contributed by atoms with Crippen LogP contribution in [0.15, 0.2) is 30.5 Å². The summed E-state index contributed by atoms with van der Waals surface area (Å²) in [6.45, 7) is 0.489. The van der Waals surface area contributed by atoms with Gasteiger partial charge in [-0.25, -0.2) is 0 Å². The van der Waals surface area contributed by atoms with Gasteiger partial charge in [-0.05, 0) is 24.3 Å². The van der Waals surface area contributed by atoms with Crippen LogP contribution in [0.1, 0.15) is 16.1 Å². The van der Waals surface area contributed by atoms with Crippen molar-refractivity contribution in [2.45, 2.75) is 6.42 Å². The Morgan fingerprint density at radius 2 is 2.25 bits per heavy atom. The topological polar surface area (TPSA) is 76.4 Å². The van der Waals surface area contributed by atoms with Crippen LogP contribution in [0.25, 0.3) is 0 Å². The van der Waals surface area contributed by atoms with Crippen LogP contribution in [0.5, 0.6) is 11.5 Å². The summed E-state index contributed by atoms with van der Waals surface area (Å²) >= 11 is 0. The van der Waals surface area contributed by atoms with Crippen molar-refractivity contribution in [3.8, 4) is 11.5 Å². The first-order chi connectivity index (χ1) is 9.60. The second-order valence-corrected chi connectivity index (χ2v) is 4.37. The van der Waals surface area contributed by atoms with Gasteiger partial charge < -0.3 is 15.2 Å². The number of aromatic hydroxyl groups is 1. The molecule has 1 heterocycles. The number of hydrogen-bond donors (Lipinski definition) is 2. The van der Waals surface area contributed by atoms with Gasteiger partial charge in [-0.2, -0.15) is 5.10 Å². The fraction of sp³-hybridized carbons (Fsp3) is 0.286. The Morgan fingerprint density at radius 3 is 2.85 bits per heavy atom. The number of benzene rings is 1. The maximum absolute atomic E-state index is 11.9. The average molecular weight is 275 g/mol. The molecule has 2 aromatic rings. The van der Waals surface area contributed by atoms with Crippen molar-refractivity contribution < 1.29 is 14.6 Å². The van der Waals surface area contributed by atoms with Crippen LogP contribution in [0.2, 0.25) is 0 Å². The summed E-state index contributed by atoms with van der Waals surface area (Å²) in [7, 11) is 3.31. The van der Waals surface area contributed by atoms with Crippen molar-refractivity contribution in [2.24, 2.45) is 7.05 Å². The highest BCUT2D eigenvalue weighted by atomic mass is 16.5. The number of rotatable bonds is 5. The first-order valence-electron chi connectivity index (χ1n) is 6.24. The van der Waals surface area contributed by atoms with E-state index in [9.17, 15) is 9.90 Å². The van der Waals surface area contributed by atoms with Crippen LogP contribution in [-0.2, 0) is 13.5 Å². The van der Waals surface area contributed by atoms with Gasteiger partial charge in [0, 0.05) is 31.8 Å². The molecule has 0 fully saturated rings. The van der Waals surface area contributed by atoms with E-state index < -0.39 is 0 Å². The second-order valence-electron chi connectivity index (χ2n) is 4.37. The molecule has 0 radical (unpaired) electrons. The van der Waals surface area contributed by atoms with Gasteiger partial charge in [0.05, 0.1) is 12.8 Å². The third-order valence-corrected chi connectivity index (χ3v) is 2.88. The van der Waals surface area contributed by atoms with Gasteiger partial charge in [0.1, 0.15) is 0 Å². The molecule has 0 aliphatic carbocycles. The van der Waals surface area contributed by atoms with Crippen LogP contribution in [0, 0.1) is 0 Å². The molecule has 0 aliphatic heterocycles. The number of aromatic nitrogens is 2. The Bertz CT molecular complexity index is 607. The zero-order valence-electron chi connectivity index (χ0n) is 11.5. The van der Waals surface area contributed by atoms with E-state index >= 15 is 0 Å². The van der Waals surface area contributed by atoms with Crippen LogP contribution in [-0.4, -0.2) is 34.4 Å². The molecule has 0 bridgehead atoms. The van der Waals surface area contributed by atoms with Gasteiger partial charge in [0.2, 0.25) is 0 Å². The molecule has 20 heavy (non-hydrogen) atoms. The quantitative estimate of drug-likeness (QED) is 0.857. The number of phenolic OH excluding ortho intramolecular Hbond substituents is 1. The summed E-state index contributed by atoms with van der Waals surface area (Å²) < 4.78 is 6.65. The van der Waals surface area contributed by atoms with Crippen LogP contribution in [0.3, 0.4) is 0 Å². The van der Waals surface area contributed by atoms with E-state index in [-0.39, 0.29) is 11.7 Å². The Balaban J connectivity index is 1.90. The van der Waals surface area contributed by atoms with Crippen molar-refractivity contribution in [1.29, 1.82) is 0 Å². The Kier molecular flexibility index (Phi) is 4.24. The van der Waals surface area contributed by atoms with E-state index in [4.69, 9.17) is 4.74 Å². The van der Waals surface area contributed by atoms with E-state index in [1.807, 2.05) is 19.3 Å². The zero-order valence-corrected chi connectivity index (χ0v) is 11.5. The molecule has 0 atom stereocenters. The van der Waals surface area contributed by atoms with Crippen LogP contribution < -0.4 is 10.1 Å². The minimum absolute atomic E-state index is 0.0510. The fourth-order valence-corrected chi connectivity index (χ4v) is 1.83. The third-order valence-electron chi connectivity index (χ3n) is 2.88. The summed E-state index contributed by atoms with van der Waals surface area (Å²) in [5.41, 5.74) is 1.31. The van der Waals surface area contributed by atoms with E-state index in [2.05, 4.69) is 10.4 Å². The SMILES string of the molecule is COc1ccc(C(=O)NCCc2ccn(C)n2)cc1O. The molecule has 0 saturated carbocycles. The highest BCUT2D eigenvalue weighted by Crippen LogP contribution is 2.25. The molecule has 0 spiro atoms. The molecule has 0 unspecified atom stereocenters. The molecule has 6 heteroatoms. The molecule has 106 valence electrons.